The van der Waals surface area contributed by atoms with Crippen LogP contribution in [0.2, 0.25) is 0 Å². The third kappa shape index (κ3) is 1.67. The summed E-state index contributed by atoms with van der Waals surface area (Å²) in [4.78, 5) is 0. The molecule has 0 fully saturated rings. The molecule has 0 amide bonds. The number of aromatic nitrogens is 1. The van der Waals surface area contributed by atoms with Crippen molar-refractivity contribution in [2.45, 2.75) is 12.8 Å². The average Bonchev–Trinajstić information content (AvgIpc) is 2.95. The summed E-state index contributed by atoms with van der Waals surface area (Å²) in [6, 6.07) is 9.81. The van der Waals surface area contributed by atoms with Gasteiger partial charge in [-0.2, -0.15) is 0 Å². The molecule has 0 bridgehead atoms. The maximum atomic E-state index is 5.52. The molecule has 0 saturated heterocycles. The first kappa shape index (κ1) is 9.96. The molecule has 0 radical (unpaired) electrons. The first-order chi connectivity index (χ1) is 8.24. The molecule has 3 rings (SSSR count). The lowest BCUT2D eigenvalue weighted by Crippen LogP contribution is -1.95. The SMILES string of the molecule is CC(c1ccc2ccoc2c1)c1cc(N)on1. The lowest BCUT2D eigenvalue weighted by Gasteiger charge is -2.07. The lowest BCUT2D eigenvalue weighted by molar-refractivity contribution is 0.425. The van der Waals surface area contributed by atoms with Crippen molar-refractivity contribution in [2.75, 3.05) is 5.73 Å². The Labute approximate surface area is 98.0 Å². The Hall–Kier alpha value is -2.23. The van der Waals surface area contributed by atoms with E-state index in [-0.39, 0.29) is 5.92 Å². The number of hydrogen-bond donors (Lipinski definition) is 1. The van der Waals surface area contributed by atoms with Crippen molar-refractivity contribution >= 4 is 16.9 Å². The van der Waals surface area contributed by atoms with Crippen LogP contribution in [0, 0.1) is 0 Å². The molecule has 86 valence electrons. The van der Waals surface area contributed by atoms with E-state index in [1.807, 2.05) is 18.2 Å². The first-order valence-electron chi connectivity index (χ1n) is 5.43. The number of nitrogen functional groups attached to an aromatic ring is 1. The Kier molecular flexibility index (Phi) is 2.14. The van der Waals surface area contributed by atoms with Crippen LogP contribution >= 0.6 is 0 Å². The molecule has 1 unspecified atom stereocenters. The number of hydrogen-bond acceptors (Lipinski definition) is 4. The minimum Gasteiger partial charge on any atom is -0.464 e. The third-order valence-electron chi connectivity index (χ3n) is 2.97. The second-order valence-electron chi connectivity index (χ2n) is 4.09. The molecule has 17 heavy (non-hydrogen) atoms. The van der Waals surface area contributed by atoms with Crippen LogP contribution in [0.3, 0.4) is 0 Å². The topological polar surface area (TPSA) is 65.2 Å². The summed E-state index contributed by atoms with van der Waals surface area (Å²) in [6.07, 6.45) is 1.69. The monoisotopic (exact) mass is 228 g/mol. The predicted octanol–water partition coefficient (Wildman–Crippen LogP) is 3.15. The van der Waals surface area contributed by atoms with Gasteiger partial charge in [-0.25, -0.2) is 0 Å². The number of anilines is 1. The van der Waals surface area contributed by atoms with E-state index in [2.05, 4.69) is 18.1 Å². The molecule has 4 nitrogen and oxygen atoms in total. The zero-order valence-corrected chi connectivity index (χ0v) is 9.38. The van der Waals surface area contributed by atoms with Gasteiger partial charge < -0.3 is 14.7 Å². The Morgan fingerprint density at radius 3 is 2.88 bits per heavy atom. The van der Waals surface area contributed by atoms with Crippen LogP contribution < -0.4 is 5.73 Å². The van der Waals surface area contributed by atoms with Crippen LogP contribution in [0.5, 0.6) is 0 Å². The molecule has 2 N–H and O–H groups in total. The largest absolute Gasteiger partial charge is 0.464 e. The van der Waals surface area contributed by atoms with E-state index in [9.17, 15) is 0 Å². The van der Waals surface area contributed by atoms with Crippen molar-refractivity contribution in [1.82, 2.24) is 5.16 Å². The number of benzene rings is 1. The highest BCUT2D eigenvalue weighted by Crippen LogP contribution is 2.27. The van der Waals surface area contributed by atoms with Crippen molar-refractivity contribution in [3.05, 3.63) is 47.9 Å². The molecule has 1 atom stereocenters. The Morgan fingerprint density at radius 1 is 1.24 bits per heavy atom. The summed E-state index contributed by atoms with van der Waals surface area (Å²) in [7, 11) is 0. The molecule has 0 aliphatic heterocycles. The van der Waals surface area contributed by atoms with Crippen LogP contribution in [0.25, 0.3) is 11.0 Å². The predicted molar refractivity (Wildman–Crippen MR) is 64.6 cm³/mol. The minimum atomic E-state index is 0.130. The number of nitrogens with two attached hydrogens (primary N) is 1. The molecule has 0 aliphatic rings. The molecule has 1 aromatic carbocycles. The highest BCUT2D eigenvalue weighted by molar-refractivity contribution is 5.77. The van der Waals surface area contributed by atoms with Gasteiger partial charge >= 0.3 is 0 Å². The van der Waals surface area contributed by atoms with Crippen molar-refractivity contribution in [3.8, 4) is 0 Å². The molecule has 0 saturated carbocycles. The summed E-state index contributed by atoms with van der Waals surface area (Å²) < 4.78 is 10.3. The van der Waals surface area contributed by atoms with Crippen molar-refractivity contribution in [1.29, 1.82) is 0 Å². The van der Waals surface area contributed by atoms with Crippen LogP contribution in [0.4, 0.5) is 5.88 Å². The van der Waals surface area contributed by atoms with Gasteiger partial charge in [0.05, 0.1) is 12.0 Å². The van der Waals surface area contributed by atoms with Gasteiger partial charge in [0.1, 0.15) is 5.58 Å². The van der Waals surface area contributed by atoms with Crippen LogP contribution in [0.1, 0.15) is 24.1 Å². The summed E-state index contributed by atoms with van der Waals surface area (Å²) in [5.74, 6) is 0.469. The fourth-order valence-electron chi connectivity index (χ4n) is 1.92. The zero-order chi connectivity index (χ0) is 11.8. The van der Waals surface area contributed by atoms with E-state index < -0.39 is 0 Å². The Morgan fingerprint density at radius 2 is 2.12 bits per heavy atom. The summed E-state index contributed by atoms with van der Waals surface area (Å²) in [5.41, 5.74) is 8.35. The fourth-order valence-corrected chi connectivity index (χ4v) is 1.92. The van der Waals surface area contributed by atoms with Gasteiger partial charge in [-0.05, 0) is 17.7 Å². The van der Waals surface area contributed by atoms with E-state index in [1.165, 1.54) is 0 Å². The van der Waals surface area contributed by atoms with Gasteiger partial charge in [0.25, 0.3) is 0 Å². The second kappa shape index (κ2) is 3.66. The smallest absolute Gasteiger partial charge is 0.222 e. The maximum Gasteiger partial charge on any atom is 0.222 e. The molecular formula is C13H12N2O2. The van der Waals surface area contributed by atoms with Gasteiger partial charge in [-0.1, -0.05) is 24.2 Å². The maximum absolute atomic E-state index is 5.52. The average molecular weight is 228 g/mol. The second-order valence-corrected chi connectivity index (χ2v) is 4.09. The van der Waals surface area contributed by atoms with Gasteiger partial charge in [-0.3, -0.25) is 0 Å². The Bertz CT molecular complexity index is 654. The van der Waals surface area contributed by atoms with E-state index in [4.69, 9.17) is 14.7 Å². The van der Waals surface area contributed by atoms with Gasteiger partial charge in [0.2, 0.25) is 5.88 Å². The van der Waals surface area contributed by atoms with E-state index >= 15 is 0 Å². The molecule has 3 aromatic rings. The fraction of sp³-hybridized carbons (Fsp3) is 0.154. The number of furan rings is 1. The molecular weight excluding hydrogens is 216 g/mol. The molecule has 2 aromatic heterocycles. The molecule has 0 aliphatic carbocycles. The summed E-state index contributed by atoms with van der Waals surface area (Å²) in [5, 5.41) is 5.03. The van der Waals surface area contributed by atoms with Crippen LogP contribution in [-0.4, -0.2) is 5.16 Å². The lowest BCUT2D eigenvalue weighted by atomic mass is 9.97. The highest BCUT2D eigenvalue weighted by atomic mass is 16.5. The molecule has 0 spiro atoms. The molecule has 2 heterocycles. The van der Waals surface area contributed by atoms with Crippen LogP contribution in [-0.2, 0) is 0 Å². The third-order valence-corrected chi connectivity index (χ3v) is 2.97. The quantitative estimate of drug-likeness (QED) is 0.731. The van der Waals surface area contributed by atoms with Gasteiger partial charge in [0, 0.05) is 17.4 Å². The van der Waals surface area contributed by atoms with Crippen molar-refractivity contribution in [3.63, 3.8) is 0 Å². The first-order valence-corrected chi connectivity index (χ1v) is 5.43. The van der Waals surface area contributed by atoms with Crippen molar-refractivity contribution < 1.29 is 8.94 Å². The normalized spacial score (nSPS) is 13.0. The van der Waals surface area contributed by atoms with E-state index in [1.54, 1.807) is 12.3 Å². The number of fused-ring (bicyclic) bond motifs is 1. The summed E-state index contributed by atoms with van der Waals surface area (Å²) in [6.45, 7) is 2.06. The van der Waals surface area contributed by atoms with E-state index in [0.29, 0.717) is 5.88 Å². The van der Waals surface area contributed by atoms with Crippen molar-refractivity contribution in [2.24, 2.45) is 0 Å². The zero-order valence-electron chi connectivity index (χ0n) is 9.38. The standard InChI is InChI=1S/C13H12N2O2/c1-8(11-7-13(14)17-15-11)10-3-2-9-4-5-16-12(9)6-10/h2-8H,14H2,1H3. The Balaban J connectivity index is 2.02. The van der Waals surface area contributed by atoms with Gasteiger partial charge in [-0.15, -0.1) is 0 Å². The number of nitrogens with zero attached hydrogens (tertiary/aromatic N) is 1. The summed E-state index contributed by atoms with van der Waals surface area (Å²) >= 11 is 0. The van der Waals surface area contributed by atoms with Crippen LogP contribution in [0.15, 0.2) is 45.5 Å². The highest BCUT2D eigenvalue weighted by Gasteiger charge is 2.13. The van der Waals surface area contributed by atoms with Gasteiger partial charge in [0.15, 0.2) is 0 Å². The van der Waals surface area contributed by atoms with E-state index in [0.717, 1.165) is 22.2 Å². The molecule has 4 heteroatoms. The minimum absolute atomic E-state index is 0.130. The number of rotatable bonds is 2.